The fraction of sp³-hybridized carbons (Fsp3) is 0.571. The molecule has 2 rings (SSSR count). The molecule has 0 aliphatic heterocycles. The smallest absolute Gasteiger partial charge is 0.320 e. The molecule has 4 heteroatoms. The van der Waals surface area contributed by atoms with Gasteiger partial charge in [0.1, 0.15) is 5.82 Å². The summed E-state index contributed by atoms with van der Waals surface area (Å²) in [4.78, 5) is 15.8. The number of aryl methyl sites for hydroxylation is 1. The molecule has 0 atom stereocenters. The molecule has 1 aromatic rings. The third kappa shape index (κ3) is 4.02. The Morgan fingerprint density at radius 1 is 1.39 bits per heavy atom. The minimum atomic E-state index is -0.154. The van der Waals surface area contributed by atoms with Crippen molar-refractivity contribution >= 4 is 11.8 Å². The standard InChI is InChI=1S/C14H21N3O/c1-11-7-8-15-13(9-11)17-14(18)16-10-12-5-3-2-4-6-12/h7-9,12H,2-6,10H2,1H3,(H2,15,16,17,18). The molecule has 1 aromatic heterocycles. The van der Waals surface area contributed by atoms with Crippen LogP contribution in [0.15, 0.2) is 18.3 Å². The summed E-state index contributed by atoms with van der Waals surface area (Å²) in [5.74, 6) is 1.26. The zero-order valence-electron chi connectivity index (χ0n) is 10.9. The summed E-state index contributed by atoms with van der Waals surface area (Å²) < 4.78 is 0. The van der Waals surface area contributed by atoms with E-state index in [4.69, 9.17) is 0 Å². The van der Waals surface area contributed by atoms with Crippen LogP contribution in [0.5, 0.6) is 0 Å². The van der Waals surface area contributed by atoms with E-state index in [0.29, 0.717) is 11.7 Å². The number of nitrogens with one attached hydrogen (secondary N) is 2. The summed E-state index contributed by atoms with van der Waals surface area (Å²) in [6, 6.07) is 3.62. The molecule has 1 aliphatic rings. The van der Waals surface area contributed by atoms with Gasteiger partial charge in [-0.1, -0.05) is 19.3 Å². The van der Waals surface area contributed by atoms with E-state index in [2.05, 4.69) is 15.6 Å². The average molecular weight is 247 g/mol. The van der Waals surface area contributed by atoms with Gasteiger partial charge < -0.3 is 5.32 Å². The van der Waals surface area contributed by atoms with Crippen molar-refractivity contribution in [1.29, 1.82) is 0 Å². The van der Waals surface area contributed by atoms with Gasteiger partial charge in [0.2, 0.25) is 0 Å². The molecular formula is C14H21N3O. The van der Waals surface area contributed by atoms with Gasteiger partial charge in [0.25, 0.3) is 0 Å². The molecule has 1 saturated carbocycles. The Morgan fingerprint density at radius 2 is 2.17 bits per heavy atom. The van der Waals surface area contributed by atoms with Crippen molar-refractivity contribution in [3.63, 3.8) is 0 Å². The molecule has 2 N–H and O–H groups in total. The summed E-state index contributed by atoms with van der Waals surface area (Å²) in [5, 5.41) is 5.69. The lowest BCUT2D eigenvalue weighted by Gasteiger charge is -2.21. The first-order chi connectivity index (χ1) is 8.74. The summed E-state index contributed by atoms with van der Waals surface area (Å²) in [5.41, 5.74) is 1.09. The van der Waals surface area contributed by atoms with E-state index < -0.39 is 0 Å². The maximum atomic E-state index is 11.7. The zero-order valence-corrected chi connectivity index (χ0v) is 10.9. The first-order valence-electron chi connectivity index (χ1n) is 6.71. The maximum Gasteiger partial charge on any atom is 0.320 e. The van der Waals surface area contributed by atoms with Crippen LogP contribution < -0.4 is 10.6 Å². The Balaban J connectivity index is 1.74. The molecule has 0 radical (unpaired) electrons. The fourth-order valence-corrected chi connectivity index (χ4v) is 2.39. The van der Waals surface area contributed by atoms with Crippen molar-refractivity contribution in [2.75, 3.05) is 11.9 Å². The van der Waals surface area contributed by atoms with Gasteiger partial charge in [0, 0.05) is 12.7 Å². The minimum absolute atomic E-state index is 0.154. The van der Waals surface area contributed by atoms with Crippen LogP contribution in [0.25, 0.3) is 0 Å². The highest BCUT2D eigenvalue weighted by molar-refractivity contribution is 5.88. The van der Waals surface area contributed by atoms with Gasteiger partial charge in [-0.2, -0.15) is 0 Å². The molecule has 1 heterocycles. The minimum Gasteiger partial charge on any atom is -0.338 e. The van der Waals surface area contributed by atoms with Crippen LogP contribution in [0, 0.1) is 12.8 Å². The summed E-state index contributed by atoms with van der Waals surface area (Å²) >= 11 is 0. The van der Waals surface area contributed by atoms with E-state index in [0.717, 1.165) is 12.1 Å². The van der Waals surface area contributed by atoms with Gasteiger partial charge in [0.05, 0.1) is 0 Å². The van der Waals surface area contributed by atoms with Gasteiger partial charge >= 0.3 is 6.03 Å². The average Bonchev–Trinajstić information content (AvgIpc) is 2.38. The molecule has 0 spiro atoms. The van der Waals surface area contributed by atoms with Gasteiger partial charge in [-0.05, 0) is 43.4 Å². The highest BCUT2D eigenvalue weighted by atomic mass is 16.2. The molecule has 0 aromatic carbocycles. The van der Waals surface area contributed by atoms with Crippen molar-refractivity contribution in [3.8, 4) is 0 Å². The Labute approximate surface area is 108 Å². The molecule has 18 heavy (non-hydrogen) atoms. The van der Waals surface area contributed by atoms with E-state index in [1.807, 2.05) is 19.1 Å². The quantitative estimate of drug-likeness (QED) is 0.862. The first-order valence-corrected chi connectivity index (χ1v) is 6.71. The largest absolute Gasteiger partial charge is 0.338 e. The Bertz CT molecular complexity index is 400. The summed E-state index contributed by atoms with van der Waals surface area (Å²) in [6.07, 6.45) is 8.12. The Kier molecular flexibility index (Phi) is 4.56. The van der Waals surface area contributed by atoms with E-state index >= 15 is 0 Å². The molecular weight excluding hydrogens is 226 g/mol. The number of aromatic nitrogens is 1. The van der Waals surface area contributed by atoms with Crippen LogP contribution >= 0.6 is 0 Å². The predicted molar refractivity (Wildman–Crippen MR) is 72.6 cm³/mol. The summed E-state index contributed by atoms with van der Waals surface area (Å²) in [7, 11) is 0. The van der Waals surface area contributed by atoms with Gasteiger partial charge in [-0.15, -0.1) is 0 Å². The normalized spacial score (nSPS) is 16.3. The number of hydrogen-bond acceptors (Lipinski definition) is 2. The van der Waals surface area contributed by atoms with Crippen molar-refractivity contribution in [3.05, 3.63) is 23.9 Å². The van der Waals surface area contributed by atoms with Crippen LogP contribution in [-0.2, 0) is 0 Å². The van der Waals surface area contributed by atoms with Crippen molar-refractivity contribution in [2.45, 2.75) is 39.0 Å². The van der Waals surface area contributed by atoms with Crippen LogP contribution in [0.2, 0.25) is 0 Å². The number of urea groups is 1. The zero-order chi connectivity index (χ0) is 12.8. The lowest BCUT2D eigenvalue weighted by molar-refractivity contribution is 0.247. The van der Waals surface area contributed by atoms with Crippen LogP contribution in [0.1, 0.15) is 37.7 Å². The monoisotopic (exact) mass is 247 g/mol. The van der Waals surface area contributed by atoms with Crippen molar-refractivity contribution in [1.82, 2.24) is 10.3 Å². The molecule has 4 nitrogen and oxygen atoms in total. The highest BCUT2D eigenvalue weighted by Crippen LogP contribution is 2.22. The molecule has 0 unspecified atom stereocenters. The molecule has 0 bridgehead atoms. The topological polar surface area (TPSA) is 54.0 Å². The van der Waals surface area contributed by atoms with Crippen molar-refractivity contribution in [2.24, 2.45) is 5.92 Å². The Hall–Kier alpha value is -1.58. The molecule has 2 amide bonds. The number of carbonyl (C=O) groups is 1. The fourth-order valence-electron chi connectivity index (χ4n) is 2.39. The number of anilines is 1. The molecule has 1 fully saturated rings. The SMILES string of the molecule is Cc1ccnc(NC(=O)NCC2CCCCC2)c1. The highest BCUT2D eigenvalue weighted by Gasteiger charge is 2.14. The van der Waals surface area contributed by atoms with Gasteiger partial charge in [-0.3, -0.25) is 5.32 Å². The van der Waals surface area contributed by atoms with E-state index in [1.165, 1.54) is 32.1 Å². The second kappa shape index (κ2) is 6.38. The molecule has 98 valence electrons. The lowest BCUT2D eigenvalue weighted by Crippen LogP contribution is -2.33. The number of amides is 2. The van der Waals surface area contributed by atoms with Crippen molar-refractivity contribution < 1.29 is 4.79 Å². The van der Waals surface area contributed by atoms with Gasteiger partial charge in [-0.25, -0.2) is 9.78 Å². The number of carbonyl (C=O) groups excluding carboxylic acids is 1. The number of nitrogens with zero attached hydrogens (tertiary/aromatic N) is 1. The van der Waals surface area contributed by atoms with Crippen LogP contribution in [0.3, 0.4) is 0 Å². The third-order valence-electron chi connectivity index (χ3n) is 3.43. The number of rotatable bonds is 3. The molecule has 1 aliphatic carbocycles. The Morgan fingerprint density at radius 3 is 2.89 bits per heavy atom. The van der Waals surface area contributed by atoms with E-state index in [9.17, 15) is 4.79 Å². The predicted octanol–water partition coefficient (Wildman–Crippen LogP) is 3.09. The summed E-state index contributed by atoms with van der Waals surface area (Å²) in [6.45, 7) is 2.75. The third-order valence-corrected chi connectivity index (χ3v) is 3.43. The van der Waals surface area contributed by atoms with Crippen LogP contribution in [-0.4, -0.2) is 17.6 Å². The molecule has 0 saturated heterocycles. The van der Waals surface area contributed by atoms with Gasteiger partial charge in [0.15, 0.2) is 0 Å². The lowest BCUT2D eigenvalue weighted by atomic mass is 9.89. The van der Waals surface area contributed by atoms with Crippen LogP contribution in [0.4, 0.5) is 10.6 Å². The first kappa shape index (κ1) is 12.9. The van der Waals surface area contributed by atoms with E-state index in [1.54, 1.807) is 6.20 Å². The maximum absolute atomic E-state index is 11.7. The van der Waals surface area contributed by atoms with E-state index in [-0.39, 0.29) is 6.03 Å². The number of pyridine rings is 1. The second-order valence-corrected chi connectivity index (χ2v) is 5.06. The second-order valence-electron chi connectivity index (χ2n) is 5.06. The number of hydrogen-bond donors (Lipinski definition) is 2.